The molecule has 2 heterocycles. The summed E-state index contributed by atoms with van der Waals surface area (Å²) < 4.78 is 0. The molecule has 234 valence electrons. The Hall–Kier alpha value is -2.37. The van der Waals surface area contributed by atoms with Crippen LogP contribution in [0.4, 0.5) is 5.69 Å². The Morgan fingerprint density at radius 3 is 2.15 bits per heavy atom. The highest BCUT2D eigenvalue weighted by molar-refractivity contribution is 6.00. The van der Waals surface area contributed by atoms with Gasteiger partial charge in [-0.25, -0.2) is 0 Å². The minimum atomic E-state index is -0.571. The van der Waals surface area contributed by atoms with E-state index in [1.54, 1.807) is 11.9 Å². The first-order valence-electron chi connectivity index (χ1n) is 16.5. The van der Waals surface area contributed by atoms with Crippen molar-refractivity contribution in [2.24, 2.45) is 17.3 Å². The topological polar surface area (TPSA) is 69.7 Å². The Labute approximate surface area is 252 Å². The normalized spacial score (nSPS) is 15.8. The van der Waals surface area contributed by atoms with E-state index in [1.165, 1.54) is 51.4 Å². The van der Waals surface area contributed by atoms with Gasteiger partial charge in [0.05, 0.1) is 6.04 Å². The van der Waals surface area contributed by atoms with Gasteiger partial charge in [-0.15, -0.1) is 0 Å². The van der Waals surface area contributed by atoms with Crippen molar-refractivity contribution >= 4 is 23.8 Å². The van der Waals surface area contributed by atoms with Crippen molar-refractivity contribution in [2.75, 3.05) is 25.0 Å². The van der Waals surface area contributed by atoms with E-state index in [-0.39, 0.29) is 18.2 Å². The zero-order chi connectivity index (χ0) is 31.0. The van der Waals surface area contributed by atoms with Crippen LogP contribution in [0.25, 0.3) is 0 Å². The number of amides is 2. The predicted octanol–water partition coefficient (Wildman–Crippen LogP) is 8.03. The second-order valence-corrected chi connectivity index (χ2v) is 12.2. The van der Waals surface area contributed by atoms with Gasteiger partial charge in [-0.05, 0) is 48.8 Å². The summed E-state index contributed by atoms with van der Waals surface area (Å²) >= 11 is 0. The van der Waals surface area contributed by atoms with E-state index in [0.717, 1.165) is 42.5 Å². The number of hydrogen-bond acceptors (Lipinski definition) is 4. The number of nitrogens with zero attached hydrogens (tertiary/aromatic N) is 2. The fourth-order valence-electron chi connectivity index (χ4n) is 6.09. The lowest BCUT2D eigenvalue weighted by Crippen LogP contribution is -2.56. The third-order valence-electron chi connectivity index (χ3n) is 8.73. The second kappa shape index (κ2) is 18.9. The maximum absolute atomic E-state index is 13.0. The van der Waals surface area contributed by atoms with Crippen LogP contribution in [0.1, 0.15) is 136 Å². The molecule has 2 aliphatic rings. The van der Waals surface area contributed by atoms with Gasteiger partial charge in [-0.1, -0.05) is 100.0 Å². The molecule has 0 spiro atoms. The molecule has 0 radical (unpaired) electrons. The highest BCUT2D eigenvalue weighted by Gasteiger charge is 2.42. The van der Waals surface area contributed by atoms with Gasteiger partial charge in [-0.3, -0.25) is 9.59 Å². The van der Waals surface area contributed by atoms with Gasteiger partial charge in [0.15, 0.2) is 0 Å². The molecular formula is C35H61N3O3. The van der Waals surface area contributed by atoms with Crippen LogP contribution in [-0.4, -0.2) is 49.2 Å². The lowest BCUT2D eigenvalue weighted by Gasteiger charge is -2.52. The average Bonchev–Trinajstić information content (AvgIpc) is 3.29. The Morgan fingerprint density at radius 2 is 1.66 bits per heavy atom. The van der Waals surface area contributed by atoms with E-state index in [2.05, 4.69) is 57.8 Å². The van der Waals surface area contributed by atoms with Gasteiger partial charge in [0, 0.05) is 49.8 Å². The molecule has 0 saturated carbocycles. The van der Waals surface area contributed by atoms with Crippen molar-refractivity contribution in [3.05, 3.63) is 29.3 Å². The molecule has 1 saturated heterocycles. The van der Waals surface area contributed by atoms with E-state index >= 15 is 0 Å². The minimum absolute atomic E-state index is 0.106. The summed E-state index contributed by atoms with van der Waals surface area (Å²) in [5.74, 6) is 1.50. The molecule has 1 N–H and O–H groups in total. The van der Waals surface area contributed by atoms with Crippen LogP contribution in [0.15, 0.2) is 18.2 Å². The smallest absolute Gasteiger partial charge is 0.255 e. The summed E-state index contributed by atoms with van der Waals surface area (Å²) in [5.41, 5.74) is 3.15. The molecule has 3 rings (SSSR count). The van der Waals surface area contributed by atoms with Crippen molar-refractivity contribution in [1.29, 1.82) is 0 Å². The third kappa shape index (κ3) is 10.8. The second-order valence-electron chi connectivity index (χ2n) is 12.2. The van der Waals surface area contributed by atoms with Crippen molar-refractivity contribution in [1.82, 2.24) is 10.2 Å². The molecule has 1 aromatic carbocycles. The maximum Gasteiger partial charge on any atom is 0.255 e. The number of anilines is 1. The van der Waals surface area contributed by atoms with Crippen molar-refractivity contribution < 1.29 is 14.4 Å². The number of nitrogens with one attached hydrogen (secondary N) is 1. The van der Waals surface area contributed by atoms with Crippen molar-refractivity contribution in [3.8, 4) is 0 Å². The Balaban J connectivity index is 0.000000725. The SMILES string of the molecule is CC.CCCC(CC)CC.CCCC1(CCC(C)C)CN(c2ccc3c(c2)C(=O)N(C(C=O)CCC(=O)NC)C3)C1. The molecule has 0 bridgehead atoms. The highest BCUT2D eigenvalue weighted by atomic mass is 16.2. The number of aldehydes is 1. The summed E-state index contributed by atoms with van der Waals surface area (Å²) in [7, 11) is 1.57. The predicted molar refractivity (Wildman–Crippen MR) is 173 cm³/mol. The van der Waals surface area contributed by atoms with E-state index in [1.807, 2.05) is 26.0 Å². The first-order valence-corrected chi connectivity index (χ1v) is 16.5. The molecular weight excluding hydrogens is 510 g/mol. The summed E-state index contributed by atoms with van der Waals surface area (Å²) in [6, 6.07) is 5.56. The fraction of sp³-hybridized carbons (Fsp3) is 0.743. The Bertz CT molecular complexity index is 919. The van der Waals surface area contributed by atoms with E-state index in [4.69, 9.17) is 0 Å². The maximum atomic E-state index is 13.0. The van der Waals surface area contributed by atoms with E-state index in [9.17, 15) is 14.4 Å². The van der Waals surface area contributed by atoms with Crippen molar-refractivity contribution in [3.63, 3.8) is 0 Å². The minimum Gasteiger partial charge on any atom is -0.370 e. The molecule has 1 atom stereocenters. The lowest BCUT2D eigenvalue weighted by atomic mass is 9.71. The van der Waals surface area contributed by atoms with Crippen LogP contribution < -0.4 is 10.2 Å². The third-order valence-corrected chi connectivity index (χ3v) is 8.73. The first kappa shape index (κ1) is 36.7. The number of carbonyl (C=O) groups excluding carboxylic acids is 3. The van der Waals surface area contributed by atoms with Crippen LogP contribution in [0.2, 0.25) is 0 Å². The largest absolute Gasteiger partial charge is 0.370 e. The van der Waals surface area contributed by atoms with Crippen LogP contribution in [0, 0.1) is 17.3 Å². The molecule has 1 unspecified atom stereocenters. The molecule has 0 aromatic heterocycles. The number of hydrogen-bond donors (Lipinski definition) is 1. The summed E-state index contributed by atoms with van der Waals surface area (Å²) in [6.45, 7) is 20.2. The van der Waals surface area contributed by atoms with Gasteiger partial charge < -0.3 is 19.9 Å². The summed E-state index contributed by atoms with van der Waals surface area (Å²) in [6.07, 6.45) is 11.8. The van der Waals surface area contributed by atoms with Gasteiger partial charge >= 0.3 is 0 Å². The summed E-state index contributed by atoms with van der Waals surface area (Å²) in [4.78, 5) is 40.2. The number of carbonyl (C=O) groups is 3. The summed E-state index contributed by atoms with van der Waals surface area (Å²) in [5, 5.41) is 2.56. The number of rotatable bonds is 15. The molecule has 6 nitrogen and oxygen atoms in total. The monoisotopic (exact) mass is 571 g/mol. The van der Waals surface area contributed by atoms with Crippen LogP contribution >= 0.6 is 0 Å². The van der Waals surface area contributed by atoms with Gasteiger partial charge in [0.25, 0.3) is 5.91 Å². The molecule has 41 heavy (non-hydrogen) atoms. The standard InChI is InChI=1S/C25H37N3O3.C8H18.C2H6/c1-5-11-25(12-10-18(2)3)16-27(17-25)20-7-6-19-14-28(24(31)22(19)13-20)21(15-29)8-9-23(30)26-4;1-4-7-8(5-2)6-3;1-2/h6-7,13,15,18,21H,5,8-12,14,16-17H2,1-4H3,(H,26,30);8H,4-7H2,1-3H3;1-2H3. The first-order chi connectivity index (χ1) is 19.7. The lowest BCUT2D eigenvalue weighted by molar-refractivity contribution is -0.121. The molecule has 2 aliphatic heterocycles. The average molecular weight is 572 g/mol. The Kier molecular flexibility index (Phi) is 16.9. The fourth-order valence-corrected chi connectivity index (χ4v) is 6.09. The van der Waals surface area contributed by atoms with Gasteiger partial charge in [0.1, 0.15) is 6.29 Å². The van der Waals surface area contributed by atoms with Gasteiger partial charge in [-0.2, -0.15) is 0 Å². The quantitative estimate of drug-likeness (QED) is 0.216. The number of benzene rings is 1. The van der Waals surface area contributed by atoms with Crippen LogP contribution in [0.5, 0.6) is 0 Å². The molecule has 6 heteroatoms. The van der Waals surface area contributed by atoms with E-state index < -0.39 is 6.04 Å². The zero-order valence-electron chi connectivity index (χ0n) is 27.9. The van der Waals surface area contributed by atoms with Gasteiger partial charge in [0.2, 0.25) is 5.91 Å². The van der Waals surface area contributed by atoms with Crippen LogP contribution in [-0.2, 0) is 16.1 Å². The zero-order valence-corrected chi connectivity index (χ0v) is 27.9. The van der Waals surface area contributed by atoms with Crippen LogP contribution in [0.3, 0.4) is 0 Å². The molecule has 1 fully saturated rings. The number of fused-ring (bicyclic) bond motifs is 1. The van der Waals surface area contributed by atoms with Crippen molar-refractivity contribution in [2.45, 2.75) is 132 Å². The highest BCUT2D eigenvalue weighted by Crippen LogP contribution is 2.43. The molecule has 1 aromatic rings. The molecule has 0 aliphatic carbocycles. The van der Waals surface area contributed by atoms with E-state index in [0.29, 0.717) is 23.9 Å². The molecule has 2 amide bonds. The Morgan fingerprint density at radius 1 is 1.00 bits per heavy atom.